The molecule has 25 heavy (non-hydrogen) atoms. The second-order valence-corrected chi connectivity index (χ2v) is 9.54. The summed E-state index contributed by atoms with van der Waals surface area (Å²) in [6.45, 7) is 2.03. The van der Waals surface area contributed by atoms with E-state index in [-0.39, 0.29) is 24.5 Å². The summed E-state index contributed by atoms with van der Waals surface area (Å²) in [4.78, 5) is 32.7. The summed E-state index contributed by atoms with van der Waals surface area (Å²) < 4.78 is 0. The minimum atomic E-state index is -3.14. The molecule has 0 heterocycles. The van der Waals surface area contributed by atoms with Crippen LogP contribution in [0.25, 0.3) is 0 Å². The number of nitrogens with one attached hydrogen (secondary N) is 1. The van der Waals surface area contributed by atoms with E-state index in [1.807, 2.05) is 19.1 Å². The number of benzene rings is 1. The lowest BCUT2D eigenvalue weighted by Gasteiger charge is -2.23. The number of nitriles is 1. The minimum Gasteiger partial charge on any atom is -0.303 e. The minimum absolute atomic E-state index is 0.0827. The molecule has 5 nitrogen and oxygen atoms in total. The number of hydrogen-bond acceptors (Lipinski definition) is 5. The fourth-order valence-corrected chi connectivity index (χ4v) is 5.45. The molecule has 0 spiro atoms. The Labute approximate surface area is 150 Å². The van der Waals surface area contributed by atoms with E-state index in [2.05, 4.69) is 11.4 Å². The molecular formula is C19H28N2O3P+. The third-order valence-corrected chi connectivity index (χ3v) is 6.79. The van der Waals surface area contributed by atoms with Crippen LogP contribution in [0.3, 0.4) is 0 Å². The zero-order valence-electron chi connectivity index (χ0n) is 14.8. The van der Waals surface area contributed by atoms with Crippen molar-refractivity contribution in [2.24, 2.45) is 5.92 Å². The summed E-state index contributed by atoms with van der Waals surface area (Å²) in [5, 5.41) is 12.1. The van der Waals surface area contributed by atoms with Gasteiger partial charge in [-0.05, 0) is 43.4 Å². The van der Waals surface area contributed by atoms with Crippen LogP contribution < -0.4 is 5.32 Å². The van der Waals surface area contributed by atoms with Crippen LogP contribution in [0.1, 0.15) is 56.2 Å². The van der Waals surface area contributed by atoms with Gasteiger partial charge in [0.15, 0.2) is 11.9 Å². The molecule has 1 atom stereocenters. The Balaban J connectivity index is 1.79. The molecule has 0 aromatic heterocycles. The fraction of sp³-hybridized carbons (Fsp3) is 0.579. The van der Waals surface area contributed by atoms with E-state index in [9.17, 15) is 14.6 Å². The average molecular weight is 363 g/mol. The summed E-state index contributed by atoms with van der Waals surface area (Å²) in [6, 6.07) is 9.27. The number of ketones is 1. The first-order valence-electron chi connectivity index (χ1n) is 8.97. The Morgan fingerprint density at radius 3 is 2.76 bits per heavy atom. The van der Waals surface area contributed by atoms with Gasteiger partial charge in [-0.2, -0.15) is 5.26 Å². The molecule has 0 radical (unpaired) electrons. The summed E-state index contributed by atoms with van der Waals surface area (Å²) >= 11 is 0. The molecule has 1 aliphatic rings. The number of hydrogen-bond donors (Lipinski definition) is 3. The molecule has 0 bridgehead atoms. The van der Waals surface area contributed by atoms with E-state index >= 15 is 0 Å². The Bertz CT molecular complexity index is 621. The van der Waals surface area contributed by atoms with Gasteiger partial charge in [0.2, 0.25) is 0 Å². The van der Waals surface area contributed by atoms with E-state index in [1.165, 1.54) is 6.42 Å². The predicted octanol–water partition coefficient (Wildman–Crippen LogP) is 3.19. The van der Waals surface area contributed by atoms with Crippen molar-refractivity contribution in [2.75, 3.05) is 18.9 Å². The molecule has 1 saturated carbocycles. The zero-order valence-corrected chi connectivity index (χ0v) is 15.7. The van der Waals surface area contributed by atoms with E-state index in [1.54, 1.807) is 12.1 Å². The van der Waals surface area contributed by atoms with Crippen LogP contribution in [0.2, 0.25) is 0 Å². The molecular weight excluding hydrogens is 335 g/mol. The molecule has 1 aromatic rings. The highest BCUT2D eigenvalue weighted by atomic mass is 31.2. The Hall–Kier alpha value is -1.31. The quantitative estimate of drug-likeness (QED) is 0.617. The van der Waals surface area contributed by atoms with Crippen molar-refractivity contribution in [3.8, 4) is 6.07 Å². The lowest BCUT2D eigenvalue weighted by atomic mass is 9.91. The fourth-order valence-electron chi connectivity index (χ4n) is 3.45. The average Bonchev–Trinajstić information content (AvgIpc) is 2.59. The largest absolute Gasteiger partial charge is 0.303 e. The highest BCUT2D eigenvalue weighted by molar-refractivity contribution is 7.65. The highest BCUT2D eigenvalue weighted by Crippen LogP contribution is 2.53. The Kier molecular flexibility index (Phi) is 7.53. The Morgan fingerprint density at radius 2 is 2.08 bits per heavy atom. The normalized spacial score (nSPS) is 17.0. The second kappa shape index (κ2) is 9.40. The van der Waals surface area contributed by atoms with Crippen molar-refractivity contribution in [3.63, 3.8) is 0 Å². The topological polar surface area (TPSA) is 93.3 Å². The lowest BCUT2D eigenvalue weighted by Crippen LogP contribution is -2.29. The van der Waals surface area contributed by atoms with Gasteiger partial charge < -0.3 is 5.32 Å². The Morgan fingerprint density at radius 1 is 1.36 bits per heavy atom. The van der Waals surface area contributed by atoms with Crippen LogP contribution in [0.15, 0.2) is 24.3 Å². The van der Waals surface area contributed by atoms with E-state index in [4.69, 9.17) is 5.26 Å². The molecule has 1 unspecified atom stereocenters. The van der Waals surface area contributed by atoms with Crippen molar-refractivity contribution < 1.29 is 14.6 Å². The lowest BCUT2D eigenvalue weighted by molar-refractivity contribution is -0.116. The molecule has 0 saturated heterocycles. The molecule has 1 fully saturated rings. The third kappa shape index (κ3) is 6.84. The first kappa shape index (κ1) is 20.0. The van der Waals surface area contributed by atoms with Gasteiger partial charge in [0.05, 0.1) is 18.2 Å². The molecule has 1 aromatic carbocycles. The van der Waals surface area contributed by atoms with E-state index in [0.717, 1.165) is 31.2 Å². The number of rotatable bonds is 8. The van der Waals surface area contributed by atoms with Crippen molar-refractivity contribution >= 4 is 13.5 Å². The SMILES string of the molecule is CC(NCC(=O)C[P+](O)(O)CC1CCCCC1)c1cccc(C#N)c1. The van der Waals surface area contributed by atoms with E-state index < -0.39 is 7.72 Å². The van der Waals surface area contributed by atoms with Gasteiger partial charge >= 0.3 is 0 Å². The number of Topliss-reactive ketones (excluding diaryl/α,β-unsaturated/α-hetero) is 1. The molecule has 0 aliphatic heterocycles. The van der Waals surface area contributed by atoms with Gasteiger partial charge in [0, 0.05) is 6.04 Å². The maximum absolute atomic E-state index is 12.2. The van der Waals surface area contributed by atoms with Crippen molar-refractivity contribution in [1.29, 1.82) is 5.26 Å². The van der Waals surface area contributed by atoms with Crippen molar-refractivity contribution in [3.05, 3.63) is 35.4 Å². The first-order valence-corrected chi connectivity index (χ1v) is 11.0. The molecule has 6 heteroatoms. The number of carbonyl (C=O) groups is 1. The zero-order chi connectivity index (χ0) is 18.3. The van der Waals surface area contributed by atoms with Gasteiger partial charge in [-0.3, -0.25) is 4.79 Å². The summed E-state index contributed by atoms with van der Waals surface area (Å²) in [7, 11) is -3.14. The monoisotopic (exact) mass is 363 g/mol. The number of carbonyl (C=O) groups excluding carboxylic acids is 1. The molecule has 3 N–H and O–H groups in total. The first-order chi connectivity index (χ1) is 11.9. The maximum atomic E-state index is 12.2. The van der Waals surface area contributed by atoms with Gasteiger partial charge in [-0.1, -0.05) is 31.4 Å². The smallest absolute Gasteiger partial charge is 0.275 e. The van der Waals surface area contributed by atoms with Gasteiger partial charge in [-0.15, -0.1) is 0 Å². The van der Waals surface area contributed by atoms with Crippen LogP contribution in [0.5, 0.6) is 0 Å². The molecule has 0 amide bonds. The molecule has 136 valence electrons. The van der Waals surface area contributed by atoms with Crippen LogP contribution in [0.4, 0.5) is 0 Å². The standard InChI is InChI=1S/C19H28N2O3P/c1-15(18-9-5-8-17(10-18)11-20)21-12-19(22)14-25(23,24)13-16-6-3-2-4-7-16/h5,8-10,15-16,21,23-24H,2-4,6-7,12-14H2,1H3/q+1. The van der Waals surface area contributed by atoms with Gasteiger partial charge in [-0.25, -0.2) is 9.79 Å². The predicted molar refractivity (Wildman–Crippen MR) is 100 cm³/mol. The van der Waals surface area contributed by atoms with Crippen molar-refractivity contribution in [2.45, 2.75) is 45.1 Å². The van der Waals surface area contributed by atoms with Crippen LogP contribution >= 0.6 is 7.72 Å². The molecule has 1 aliphatic carbocycles. The molecule has 2 rings (SSSR count). The van der Waals surface area contributed by atoms with Crippen LogP contribution in [-0.2, 0) is 4.79 Å². The van der Waals surface area contributed by atoms with Gasteiger partial charge in [0.25, 0.3) is 7.72 Å². The maximum Gasteiger partial charge on any atom is 0.275 e. The second-order valence-electron chi connectivity index (χ2n) is 7.10. The third-order valence-electron chi connectivity index (χ3n) is 4.83. The highest BCUT2D eigenvalue weighted by Gasteiger charge is 2.39. The van der Waals surface area contributed by atoms with Crippen LogP contribution in [-0.4, -0.2) is 34.4 Å². The summed E-state index contributed by atoms with van der Waals surface area (Å²) in [5.74, 6) is 0.183. The van der Waals surface area contributed by atoms with Crippen molar-refractivity contribution in [1.82, 2.24) is 5.32 Å². The van der Waals surface area contributed by atoms with E-state index in [0.29, 0.717) is 17.6 Å². The van der Waals surface area contributed by atoms with Gasteiger partial charge in [0.1, 0.15) is 6.16 Å². The number of nitrogens with zero attached hydrogens (tertiary/aromatic N) is 1. The summed E-state index contributed by atoms with van der Waals surface area (Å²) in [5.41, 5.74) is 1.52. The van der Waals surface area contributed by atoms with Crippen LogP contribution in [0, 0.1) is 17.2 Å². The summed E-state index contributed by atoms with van der Waals surface area (Å²) in [6.07, 6.45) is 5.87.